The molecule has 1 aliphatic heterocycles. The molecule has 2 N–H and O–H groups in total. The van der Waals surface area contributed by atoms with Gasteiger partial charge in [-0.2, -0.15) is 17.5 Å². The highest BCUT2D eigenvalue weighted by molar-refractivity contribution is 7.89. The largest absolute Gasteiger partial charge is 0.416 e. The van der Waals surface area contributed by atoms with E-state index in [1.54, 1.807) is 0 Å². The highest BCUT2D eigenvalue weighted by Gasteiger charge is 2.36. The van der Waals surface area contributed by atoms with Crippen molar-refractivity contribution < 1.29 is 21.6 Å². The van der Waals surface area contributed by atoms with Crippen LogP contribution in [0.2, 0.25) is 0 Å². The van der Waals surface area contributed by atoms with Gasteiger partial charge in [-0.1, -0.05) is 6.07 Å². The maximum Gasteiger partial charge on any atom is 0.416 e. The topological polar surface area (TPSA) is 63.4 Å². The molecule has 1 atom stereocenters. The molecule has 0 amide bonds. The Bertz CT molecular complexity index is 629. The number of nitrogens with two attached hydrogens (primary N) is 1. The first kappa shape index (κ1) is 16.3. The number of alkyl halides is 3. The summed E-state index contributed by atoms with van der Waals surface area (Å²) in [5.41, 5.74) is 4.87. The van der Waals surface area contributed by atoms with E-state index < -0.39 is 21.8 Å². The summed E-state index contributed by atoms with van der Waals surface area (Å²) >= 11 is 0. The third-order valence-electron chi connectivity index (χ3n) is 3.72. The molecule has 0 bridgehead atoms. The molecule has 4 nitrogen and oxygen atoms in total. The Balaban J connectivity index is 2.41. The minimum Gasteiger partial charge on any atom is -0.330 e. The van der Waals surface area contributed by atoms with Crippen LogP contribution in [0, 0.1) is 12.8 Å². The van der Waals surface area contributed by atoms with E-state index in [2.05, 4.69) is 0 Å². The van der Waals surface area contributed by atoms with Crippen LogP contribution in [0.15, 0.2) is 23.1 Å². The number of rotatable bonds is 3. The predicted octanol–water partition coefficient (Wildman–Crippen LogP) is 1.98. The van der Waals surface area contributed by atoms with Crippen molar-refractivity contribution in [3.8, 4) is 0 Å². The van der Waals surface area contributed by atoms with Gasteiger partial charge in [0.25, 0.3) is 0 Å². The lowest BCUT2D eigenvalue weighted by Crippen LogP contribution is -2.30. The molecule has 21 heavy (non-hydrogen) atoms. The molecule has 0 saturated carbocycles. The Morgan fingerprint density at radius 2 is 2.05 bits per heavy atom. The summed E-state index contributed by atoms with van der Waals surface area (Å²) in [7, 11) is -3.92. The van der Waals surface area contributed by atoms with Crippen LogP contribution in [0.25, 0.3) is 0 Å². The number of hydrogen-bond donors (Lipinski definition) is 1. The van der Waals surface area contributed by atoms with E-state index in [0.717, 1.165) is 6.07 Å². The van der Waals surface area contributed by atoms with E-state index >= 15 is 0 Å². The van der Waals surface area contributed by atoms with Gasteiger partial charge in [0, 0.05) is 13.1 Å². The van der Waals surface area contributed by atoms with Crippen molar-refractivity contribution in [1.82, 2.24) is 4.31 Å². The SMILES string of the molecule is Cc1ccc(C(F)(F)F)cc1S(=O)(=O)N1CCC(CN)C1. The zero-order valence-corrected chi connectivity index (χ0v) is 12.3. The molecule has 1 aromatic carbocycles. The van der Waals surface area contributed by atoms with Gasteiger partial charge in [-0.15, -0.1) is 0 Å². The van der Waals surface area contributed by atoms with Gasteiger partial charge < -0.3 is 5.73 Å². The van der Waals surface area contributed by atoms with Crippen molar-refractivity contribution in [2.45, 2.75) is 24.4 Å². The summed E-state index contributed by atoms with van der Waals surface area (Å²) in [6.45, 7) is 2.41. The Labute approximate surface area is 121 Å². The molecule has 0 aromatic heterocycles. The van der Waals surface area contributed by atoms with Crippen molar-refractivity contribution in [1.29, 1.82) is 0 Å². The van der Waals surface area contributed by atoms with Gasteiger partial charge in [-0.05, 0) is 43.5 Å². The Kier molecular flexibility index (Phi) is 4.32. The van der Waals surface area contributed by atoms with Crippen LogP contribution in [0.3, 0.4) is 0 Å². The van der Waals surface area contributed by atoms with Gasteiger partial charge in [0.1, 0.15) is 0 Å². The smallest absolute Gasteiger partial charge is 0.330 e. The lowest BCUT2D eigenvalue weighted by Gasteiger charge is -2.19. The molecular weight excluding hydrogens is 305 g/mol. The summed E-state index contributed by atoms with van der Waals surface area (Å²) < 4.78 is 64.5. The fraction of sp³-hybridized carbons (Fsp3) is 0.538. The van der Waals surface area contributed by atoms with Crippen LogP contribution >= 0.6 is 0 Å². The molecule has 118 valence electrons. The molecule has 2 rings (SSSR count). The van der Waals surface area contributed by atoms with E-state index in [-0.39, 0.29) is 17.4 Å². The van der Waals surface area contributed by atoms with Gasteiger partial charge in [0.05, 0.1) is 10.5 Å². The molecule has 1 unspecified atom stereocenters. The summed E-state index contributed by atoms with van der Waals surface area (Å²) in [6, 6.07) is 2.79. The molecule has 8 heteroatoms. The zero-order chi connectivity index (χ0) is 15.8. The number of aryl methyl sites for hydroxylation is 1. The van der Waals surface area contributed by atoms with Gasteiger partial charge >= 0.3 is 6.18 Å². The Hall–Kier alpha value is -1.12. The first-order chi connectivity index (χ1) is 9.66. The number of sulfonamides is 1. The summed E-state index contributed by atoms with van der Waals surface area (Å²) in [4.78, 5) is -0.282. The van der Waals surface area contributed by atoms with E-state index in [1.807, 2.05) is 0 Å². The van der Waals surface area contributed by atoms with Crippen LogP contribution in [0.5, 0.6) is 0 Å². The summed E-state index contributed by atoms with van der Waals surface area (Å²) in [5.74, 6) is 0.0610. The van der Waals surface area contributed by atoms with Crippen LogP contribution in [-0.2, 0) is 16.2 Å². The second-order valence-corrected chi connectivity index (χ2v) is 7.14. The quantitative estimate of drug-likeness (QED) is 0.925. The van der Waals surface area contributed by atoms with Crippen LogP contribution in [0.4, 0.5) is 13.2 Å². The molecule has 1 fully saturated rings. The number of nitrogens with zero attached hydrogens (tertiary/aromatic N) is 1. The number of benzene rings is 1. The fourth-order valence-corrected chi connectivity index (χ4v) is 4.18. The van der Waals surface area contributed by atoms with Crippen LogP contribution in [0.1, 0.15) is 17.5 Å². The minimum atomic E-state index is -4.57. The predicted molar refractivity (Wildman–Crippen MR) is 72.1 cm³/mol. The first-order valence-corrected chi connectivity index (χ1v) is 7.98. The third kappa shape index (κ3) is 3.22. The van der Waals surface area contributed by atoms with E-state index in [4.69, 9.17) is 5.73 Å². The maximum atomic E-state index is 12.8. The second kappa shape index (κ2) is 5.58. The molecule has 0 radical (unpaired) electrons. The lowest BCUT2D eigenvalue weighted by molar-refractivity contribution is -0.137. The molecule has 1 aromatic rings. The average molecular weight is 322 g/mol. The van der Waals surface area contributed by atoms with E-state index in [0.29, 0.717) is 31.1 Å². The van der Waals surface area contributed by atoms with Crippen LogP contribution in [-0.4, -0.2) is 32.4 Å². The van der Waals surface area contributed by atoms with E-state index in [9.17, 15) is 21.6 Å². The normalized spacial score (nSPS) is 20.9. The van der Waals surface area contributed by atoms with Gasteiger partial charge in [-0.25, -0.2) is 8.42 Å². The van der Waals surface area contributed by atoms with Crippen molar-refractivity contribution >= 4 is 10.0 Å². The number of halogens is 3. The van der Waals surface area contributed by atoms with Crippen molar-refractivity contribution in [3.63, 3.8) is 0 Å². The van der Waals surface area contributed by atoms with Gasteiger partial charge in [-0.3, -0.25) is 0 Å². The second-order valence-electron chi connectivity index (χ2n) is 5.23. The molecule has 1 heterocycles. The highest BCUT2D eigenvalue weighted by Crippen LogP contribution is 2.33. The van der Waals surface area contributed by atoms with Gasteiger partial charge in [0.15, 0.2) is 0 Å². The molecule has 1 aliphatic rings. The third-order valence-corrected chi connectivity index (χ3v) is 5.72. The standard InChI is InChI=1S/C13H17F3N2O2S/c1-9-2-3-11(13(14,15)16)6-12(9)21(19,20)18-5-4-10(7-17)8-18/h2-3,6,10H,4-5,7-8,17H2,1H3. The zero-order valence-electron chi connectivity index (χ0n) is 11.5. The average Bonchev–Trinajstić information content (AvgIpc) is 2.87. The van der Waals surface area contributed by atoms with Gasteiger partial charge in [0.2, 0.25) is 10.0 Å². The highest BCUT2D eigenvalue weighted by atomic mass is 32.2. The first-order valence-electron chi connectivity index (χ1n) is 6.54. The Morgan fingerprint density at radius 3 is 2.57 bits per heavy atom. The lowest BCUT2D eigenvalue weighted by atomic mass is 10.1. The summed E-state index contributed by atoms with van der Waals surface area (Å²) in [6.07, 6.45) is -3.93. The molecule has 1 saturated heterocycles. The summed E-state index contributed by atoms with van der Waals surface area (Å²) in [5, 5.41) is 0. The molecular formula is C13H17F3N2O2S. The molecule has 0 spiro atoms. The minimum absolute atomic E-state index is 0.0610. The van der Waals surface area contributed by atoms with Crippen molar-refractivity contribution in [2.24, 2.45) is 11.7 Å². The maximum absolute atomic E-state index is 12.8. The van der Waals surface area contributed by atoms with E-state index in [1.165, 1.54) is 17.3 Å². The van der Waals surface area contributed by atoms with Crippen LogP contribution < -0.4 is 5.73 Å². The monoisotopic (exact) mass is 322 g/mol. The van der Waals surface area contributed by atoms with Crippen molar-refractivity contribution in [2.75, 3.05) is 19.6 Å². The molecule has 0 aliphatic carbocycles. The Morgan fingerprint density at radius 1 is 1.38 bits per heavy atom. The number of hydrogen-bond acceptors (Lipinski definition) is 3. The van der Waals surface area contributed by atoms with Crippen molar-refractivity contribution in [3.05, 3.63) is 29.3 Å². The fourth-order valence-electron chi connectivity index (χ4n) is 2.40.